The molecule has 1 fully saturated rings. The first kappa shape index (κ1) is 16.5. The highest BCUT2D eigenvalue weighted by Crippen LogP contribution is 2.29. The highest BCUT2D eigenvalue weighted by molar-refractivity contribution is 5.98. The summed E-state index contributed by atoms with van der Waals surface area (Å²) in [6, 6.07) is 5.40. The molecule has 3 rings (SSSR count). The van der Waals surface area contributed by atoms with Crippen molar-refractivity contribution in [1.82, 2.24) is 9.55 Å². The summed E-state index contributed by atoms with van der Waals surface area (Å²) < 4.78 is 11.7. The number of carbonyl (C=O) groups excluding carboxylic acids is 2. The largest absolute Gasteiger partial charge is 0.497 e. The lowest BCUT2D eigenvalue weighted by atomic mass is 9.86. The van der Waals surface area contributed by atoms with E-state index in [0.29, 0.717) is 22.6 Å². The Morgan fingerprint density at radius 1 is 1.21 bits per heavy atom. The zero-order valence-electron chi connectivity index (χ0n) is 14.1. The first-order valence-corrected chi connectivity index (χ1v) is 8.29. The summed E-state index contributed by atoms with van der Waals surface area (Å²) in [5.74, 6) is 0.609. The van der Waals surface area contributed by atoms with E-state index in [1.54, 1.807) is 29.9 Å². The van der Waals surface area contributed by atoms with Crippen LogP contribution in [0.5, 0.6) is 5.75 Å². The molecule has 6 nitrogen and oxygen atoms in total. The Bertz CT molecular complexity index is 760. The van der Waals surface area contributed by atoms with Gasteiger partial charge in [-0.25, -0.2) is 4.98 Å². The third kappa shape index (κ3) is 3.13. The second kappa shape index (κ2) is 7.03. The van der Waals surface area contributed by atoms with E-state index in [1.807, 2.05) is 0 Å². The molecule has 128 valence electrons. The number of nitrogens with zero attached hydrogens (tertiary/aromatic N) is 2. The number of methoxy groups -OCH3 is 2. The van der Waals surface area contributed by atoms with Crippen molar-refractivity contribution in [1.29, 1.82) is 0 Å². The molecule has 0 N–H and O–H groups in total. The molecular weight excluding hydrogens is 308 g/mol. The number of Topliss-reactive ketones (excluding diaryl/α,β-unsaturated/α-hetero) is 1. The summed E-state index contributed by atoms with van der Waals surface area (Å²) in [6.45, 7) is -0.0338. The summed E-state index contributed by atoms with van der Waals surface area (Å²) >= 11 is 0. The van der Waals surface area contributed by atoms with Gasteiger partial charge in [0.2, 0.25) is 5.78 Å². The molecule has 1 saturated carbocycles. The first-order chi connectivity index (χ1) is 11.6. The second-order valence-electron chi connectivity index (χ2n) is 6.15. The van der Waals surface area contributed by atoms with Gasteiger partial charge < -0.3 is 14.0 Å². The van der Waals surface area contributed by atoms with Gasteiger partial charge in [0.15, 0.2) is 5.82 Å². The number of ether oxygens (including phenoxy) is 2. The van der Waals surface area contributed by atoms with E-state index >= 15 is 0 Å². The number of fused-ring (bicyclic) bond motifs is 1. The van der Waals surface area contributed by atoms with Crippen LogP contribution < -0.4 is 4.74 Å². The van der Waals surface area contributed by atoms with E-state index in [-0.39, 0.29) is 18.2 Å². The number of aromatic nitrogens is 2. The second-order valence-corrected chi connectivity index (χ2v) is 6.15. The van der Waals surface area contributed by atoms with Crippen LogP contribution in [0.4, 0.5) is 0 Å². The number of esters is 1. The lowest BCUT2D eigenvalue weighted by molar-refractivity contribution is -0.141. The summed E-state index contributed by atoms with van der Waals surface area (Å²) in [5, 5.41) is 0. The van der Waals surface area contributed by atoms with Gasteiger partial charge in [-0.3, -0.25) is 9.59 Å². The van der Waals surface area contributed by atoms with Crippen LogP contribution in [-0.2, 0) is 16.1 Å². The van der Waals surface area contributed by atoms with Crippen LogP contribution in [0.1, 0.15) is 42.7 Å². The third-order valence-electron chi connectivity index (χ3n) is 4.67. The smallest absolute Gasteiger partial charge is 0.325 e. The SMILES string of the molecule is COC(=O)Cn1c(C(=O)C2CCCCC2)nc2ccc(OC)cc21. The maximum absolute atomic E-state index is 12.9. The number of ketones is 1. The zero-order chi connectivity index (χ0) is 17.1. The standard InChI is InChI=1S/C18H22N2O4/c1-23-13-8-9-14-15(10-13)20(11-16(21)24-2)18(19-14)17(22)12-6-4-3-5-7-12/h8-10,12H,3-7,11H2,1-2H3. The lowest BCUT2D eigenvalue weighted by Gasteiger charge is -2.20. The van der Waals surface area contributed by atoms with Crippen molar-refractivity contribution in [2.45, 2.75) is 38.6 Å². The Morgan fingerprint density at radius 3 is 2.62 bits per heavy atom. The number of hydrogen-bond acceptors (Lipinski definition) is 5. The van der Waals surface area contributed by atoms with E-state index < -0.39 is 5.97 Å². The Balaban J connectivity index is 2.05. The minimum absolute atomic E-state index is 0.00569. The Labute approximate surface area is 140 Å². The fraction of sp³-hybridized carbons (Fsp3) is 0.500. The van der Waals surface area contributed by atoms with Gasteiger partial charge in [0.1, 0.15) is 12.3 Å². The fourth-order valence-electron chi connectivity index (χ4n) is 3.32. The van der Waals surface area contributed by atoms with Crippen molar-refractivity contribution in [2.24, 2.45) is 5.92 Å². The minimum Gasteiger partial charge on any atom is -0.497 e. The molecule has 0 spiro atoms. The van der Waals surface area contributed by atoms with Crippen LogP contribution >= 0.6 is 0 Å². The molecule has 0 unspecified atom stereocenters. The van der Waals surface area contributed by atoms with Crippen LogP contribution in [0.15, 0.2) is 18.2 Å². The number of imidazole rings is 1. The molecular formula is C18H22N2O4. The summed E-state index contributed by atoms with van der Waals surface area (Å²) in [5.41, 5.74) is 1.39. The number of carbonyl (C=O) groups is 2. The lowest BCUT2D eigenvalue weighted by Crippen LogP contribution is -2.23. The van der Waals surface area contributed by atoms with E-state index in [9.17, 15) is 9.59 Å². The van der Waals surface area contributed by atoms with Gasteiger partial charge in [0, 0.05) is 12.0 Å². The van der Waals surface area contributed by atoms with Crippen LogP contribution in [0, 0.1) is 5.92 Å². The average Bonchev–Trinajstić information content (AvgIpc) is 2.99. The molecule has 6 heteroatoms. The molecule has 1 aliphatic rings. The topological polar surface area (TPSA) is 70.4 Å². The average molecular weight is 330 g/mol. The molecule has 1 aromatic carbocycles. The van der Waals surface area contributed by atoms with Gasteiger partial charge in [-0.1, -0.05) is 19.3 Å². The van der Waals surface area contributed by atoms with Gasteiger partial charge in [0.25, 0.3) is 0 Å². The number of benzene rings is 1. The zero-order valence-corrected chi connectivity index (χ0v) is 14.1. The van der Waals surface area contributed by atoms with Crippen molar-refractivity contribution >= 4 is 22.8 Å². The third-order valence-corrected chi connectivity index (χ3v) is 4.67. The predicted molar refractivity (Wildman–Crippen MR) is 89.2 cm³/mol. The number of hydrogen-bond donors (Lipinski definition) is 0. The quantitative estimate of drug-likeness (QED) is 0.622. The van der Waals surface area contributed by atoms with Gasteiger partial charge in [-0.15, -0.1) is 0 Å². The molecule has 0 atom stereocenters. The molecule has 2 aromatic rings. The maximum Gasteiger partial charge on any atom is 0.325 e. The van der Waals surface area contributed by atoms with Crippen LogP contribution in [-0.4, -0.2) is 35.5 Å². The van der Waals surface area contributed by atoms with Gasteiger partial charge in [-0.05, 0) is 25.0 Å². The summed E-state index contributed by atoms with van der Waals surface area (Å²) in [7, 11) is 2.92. The van der Waals surface area contributed by atoms with Crippen molar-refractivity contribution in [3.05, 3.63) is 24.0 Å². The monoisotopic (exact) mass is 330 g/mol. The highest BCUT2D eigenvalue weighted by atomic mass is 16.5. The van der Waals surface area contributed by atoms with Crippen molar-refractivity contribution in [3.63, 3.8) is 0 Å². The van der Waals surface area contributed by atoms with E-state index in [0.717, 1.165) is 25.7 Å². The van der Waals surface area contributed by atoms with Gasteiger partial charge in [0.05, 0.1) is 25.3 Å². The van der Waals surface area contributed by atoms with E-state index in [4.69, 9.17) is 9.47 Å². The molecule has 0 radical (unpaired) electrons. The summed E-state index contributed by atoms with van der Waals surface area (Å²) in [4.78, 5) is 29.3. The molecule has 1 heterocycles. The minimum atomic E-state index is -0.408. The Morgan fingerprint density at radius 2 is 1.96 bits per heavy atom. The molecule has 1 aromatic heterocycles. The molecule has 1 aliphatic carbocycles. The maximum atomic E-state index is 12.9. The van der Waals surface area contributed by atoms with E-state index in [1.165, 1.54) is 13.5 Å². The molecule has 24 heavy (non-hydrogen) atoms. The van der Waals surface area contributed by atoms with Crippen molar-refractivity contribution in [2.75, 3.05) is 14.2 Å². The normalized spacial score (nSPS) is 15.4. The predicted octanol–water partition coefficient (Wildman–Crippen LogP) is 2.98. The Hall–Kier alpha value is -2.37. The number of rotatable bonds is 5. The fourth-order valence-corrected chi connectivity index (χ4v) is 3.32. The van der Waals surface area contributed by atoms with Crippen LogP contribution in [0.3, 0.4) is 0 Å². The van der Waals surface area contributed by atoms with Crippen molar-refractivity contribution in [3.8, 4) is 5.75 Å². The Kier molecular flexibility index (Phi) is 4.83. The molecule has 0 bridgehead atoms. The van der Waals surface area contributed by atoms with Gasteiger partial charge >= 0.3 is 5.97 Å². The van der Waals surface area contributed by atoms with Crippen molar-refractivity contribution < 1.29 is 19.1 Å². The molecule has 0 aliphatic heterocycles. The molecule has 0 amide bonds. The first-order valence-electron chi connectivity index (χ1n) is 8.29. The van der Waals surface area contributed by atoms with E-state index in [2.05, 4.69) is 4.98 Å². The van der Waals surface area contributed by atoms with Crippen LogP contribution in [0.25, 0.3) is 11.0 Å². The summed E-state index contributed by atoms with van der Waals surface area (Å²) in [6.07, 6.45) is 5.11. The van der Waals surface area contributed by atoms with Gasteiger partial charge in [-0.2, -0.15) is 0 Å². The highest BCUT2D eigenvalue weighted by Gasteiger charge is 2.28. The van der Waals surface area contributed by atoms with Crippen LogP contribution in [0.2, 0.25) is 0 Å². The molecule has 0 saturated heterocycles.